The Bertz CT molecular complexity index is 483. The second kappa shape index (κ2) is 7.31. The van der Waals surface area contributed by atoms with Gasteiger partial charge in [-0.1, -0.05) is 12.8 Å². The van der Waals surface area contributed by atoms with Crippen molar-refractivity contribution in [3.8, 4) is 11.5 Å². The van der Waals surface area contributed by atoms with Crippen LogP contribution in [0.25, 0.3) is 0 Å². The zero-order valence-electron chi connectivity index (χ0n) is 12.7. The van der Waals surface area contributed by atoms with E-state index < -0.39 is 0 Å². The Morgan fingerprint density at radius 3 is 2.48 bits per heavy atom. The molecule has 0 spiro atoms. The number of nitrogens with zero attached hydrogens (tertiary/aromatic N) is 1. The second-order valence-corrected chi connectivity index (χ2v) is 5.23. The zero-order chi connectivity index (χ0) is 15.2. The van der Waals surface area contributed by atoms with Gasteiger partial charge < -0.3 is 19.5 Å². The van der Waals surface area contributed by atoms with Gasteiger partial charge in [0.15, 0.2) is 11.5 Å². The van der Waals surface area contributed by atoms with Crippen molar-refractivity contribution >= 4 is 5.91 Å². The molecule has 0 atom stereocenters. The number of aliphatic hydroxyl groups is 1. The number of benzene rings is 1. The molecule has 1 fully saturated rings. The first-order valence-corrected chi connectivity index (χ1v) is 7.35. The van der Waals surface area contributed by atoms with Crippen molar-refractivity contribution in [1.82, 2.24) is 4.90 Å². The number of ether oxygens (including phenoxy) is 2. The highest BCUT2D eigenvalue weighted by Crippen LogP contribution is 2.30. The lowest BCUT2D eigenvalue weighted by molar-refractivity contribution is 0.0637. The van der Waals surface area contributed by atoms with E-state index in [0.717, 1.165) is 25.7 Å². The summed E-state index contributed by atoms with van der Waals surface area (Å²) < 4.78 is 10.4. The maximum absolute atomic E-state index is 12.7. The number of hydrogen-bond acceptors (Lipinski definition) is 4. The van der Waals surface area contributed by atoms with Gasteiger partial charge in [0, 0.05) is 18.2 Å². The van der Waals surface area contributed by atoms with Crippen LogP contribution in [-0.2, 0) is 0 Å². The van der Waals surface area contributed by atoms with E-state index in [-0.39, 0.29) is 18.6 Å². The van der Waals surface area contributed by atoms with E-state index in [1.807, 2.05) is 0 Å². The summed E-state index contributed by atoms with van der Waals surface area (Å²) in [5.74, 6) is 1.08. The number of aliphatic hydroxyl groups excluding tert-OH is 1. The Hall–Kier alpha value is -1.75. The van der Waals surface area contributed by atoms with Gasteiger partial charge in [0.1, 0.15) is 0 Å². The molecule has 1 aromatic carbocycles. The van der Waals surface area contributed by atoms with Crippen LogP contribution in [0.1, 0.15) is 36.0 Å². The average molecular weight is 293 g/mol. The first-order valence-electron chi connectivity index (χ1n) is 7.35. The van der Waals surface area contributed by atoms with Crippen molar-refractivity contribution in [3.05, 3.63) is 23.8 Å². The fraction of sp³-hybridized carbons (Fsp3) is 0.562. The predicted octanol–water partition coefficient (Wildman–Crippen LogP) is 2.08. The van der Waals surface area contributed by atoms with Gasteiger partial charge in [-0.25, -0.2) is 0 Å². The molecular weight excluding hydrogens is 270 g/mol. The molecule has 0 saturated heterocycles. The van der Waals surface area contributed by atoms with Gasteiger partial charge in [0.25, 0.3) is 5.91 Å². The molecule has 1 aromatic rings. The minimum Gasteiger partial charge on any atom is -0.493 e. The molecule has 1 saturated carbocycles. The minimum absolute atomic E-state index is 0.0183. The fourth-order valence-electron chi connectivity index (χ4n) is 2.91. The number of methoxy groups -OCH3 is 2. The molecule has 1 aliphatic rings. The van der Waals surface area contributed by atoms with Crippen LogP contribution in [0.4, 0.5) is 0 Å². The molecule has 0 aromatic heterocycles. The monoisotopic (exact) mass is 293 g/mol. The molecule has 0 heterocycles. The molecule has 0 radical (unpaired) electrons. The van der Waals surface area contributed by atoms with Crippen LogP contribution in [0, 0.1) is 0 Å². The number of amides is 1. The third-order valence-corrected chi connectivity index (χ3v) is 4.00. The summed E-state index contributed by atoms with van der Waals surface area (Å²) in [4.78, 5) is 14.5. The largest absolute Gasteiger partial charge is 0.493 e. The SMILES string of the molecule is COc1ccc(C(=O)N(CCO)C2CCCC2)cc1OC. The summed E-state index contributed by atoms with van der Waals surface area (Å²) >= 11 is 0. The summed E-state index contributed by atoms with van der Waals surface area (Å²) in [5.41, 5.74) is 0.563. The van der Waals surface area contributed by atoms with E-state index in [2.05, 4.69) is 0 Å². The normalized spacial score (nSPS) is 15.0. The van der Waals surface area contributed by atoms with Crippen LogP contribution >= 0.6 is 0 Å². The molecule has 21 heavy (non-hydrogen) atoms. The maximum atomic E-state index is 12.7. The summed E-state index contributed by atoms with van der Waals surface area (Å²) in [5, 5.41) is 9.24. The highest BCUT2D eigenvalue weighted by atomic mass is 16.5. The van der Waals surface area contributed by atoms with Crippen LogP contribution in [0.3, 0.4) is 0 Å². The molecule has 0 bridgehead atoms. The number of carbonyl (C=O) groups is 1. The molecule has 5 nitrogen and oxygen atoms in total. The fourth-order valence-corrected chi connectivity index (χ4v) is 2.91. The van der Waals surface area contributed by atoms with E-state index in [0.29, 0.717) is 23.6 Å². The van der Waals surface area contributed by atoms with Crippen molar-refractivity contribution in [2.75, 3.05) is 27.4 Å². The number of carbonyl (C=O) groups excluding carboxylic acids is 1. The van der Waals surface area contributed by atoms with Gasteiger partial charge in [0.05, 0.1) is 20.8 Å². The summed E-state index contributed by atoms with van der Waals surface area (Å²) in [7, 11) is 3.12. The summed E-state index contributed by atoms with van der Waals surface area (Å²) in [6.07, 6.45) is 4.32. The minimum atomic E-state index is -0.0584. The molecule has 2 rings (SSSR count). The van der Waals surface area contributed by atoms with E-state index in [9.17, 15) is 9.90 Å². The van der Waals surface area contributed by atoms with Crippen molar-refractivity contribution in [1.29, 1.82) is 0 Å². The van der Waals surface area contributed by atoms with Gasteiger partial charge in [-0.3, -0.25) is 4.79 Å². The number of rotatable bonds is 6. The lowest BCUT2D eigenvalue weighted by atomic mass is 10.1. The third kappa shape index (κ3) is 3.47. The zero-order valence-corrected chi connectivity index (χ0v) is 12.7. The Morgan fingerprint density at radius 2 is 1.90 bits per heavy atom. The van der Waals surface area contributed by atoms with E-state index >= 15 is 0 Å². The number of hydrogen-bond donors (Lipinski definition) is 1. The lowest BCUT2D eigenvalue weighted by Crippen LogP contribution is -2.40. The first-order chi connectivity index (χ1) is 10.2. The summed E-state index contributed by atoms with van der Waals surface area (Å²) in [6, 6.07) is 5.40. The van der Waals surface area contributed by atoms with Gasteiger partial charge in [-0.15, -0.1) is 0 Å². The van der Waals surface area contributed by atoms with Crippen molar-refractivity contribution in [2.24, 2.45) is 0 Å². The highest BCUT2D eigenvalue weighted by Gasteiger charge is 2.27. The van der Waals surface area contributed by atoms with Gasteiger partial charge >= 0.3 is 0 Å². The standard InChI is InChI=1S/C16H23NO4/c1-20-14-8-7-12(11-15(14)21-2)16(19)17(9-10-18)13-5-3-4-6-13/h7-8,11,13,18H,3-6,9-10H2,1-2H3. The van der Waals surface area contributed by atoms with Crippen molar-refractivity contribution in [2.45, 2.75) is 31.7 Å². The molecule has 0 aliphatic heterocycles. The highest BCUT2D eigenvalue weighted by molar-refractivity contribution is 5.95. The smallest absolute Gasteiger partial charge is 0.254 e. The molecule has 5 heteroatoms. The van der Waals surface area contributed by atoms with Crippen LogP contribution in [0.5, 0.6) is 11.5 Å². The van der Waals surface area contributed by atoms with Gasteiger partial charge in [-0.2, -0.15) is 0 Å². The van der Waals surface area contributed by atoms with Gasteiger partial charge in [0.2, 0.25) is 0 Å². The van der Waals surface area contributed by atoms with Gasteiger partial charge in [-0.05, 0) is 31.0 Å². The molecule has 1 amide bonds. The maximum Gasteiger partial charge on any atom is 0.254 e. The molecule has 0 unspecified atom stereocenters. The lowest BCUT2D eigenvalue weighted by Gasteiger charge is -2.28. The van der Waals surface area contributed by atoms with Crippen LogP contribution in [-0.4, -0.2) is 49.3 Å². The molecular formula is C16H23NO4. The Labute approximate surface area is 125 Å². The average Bonchev–Trinajstić information content (AvgIpc) is 3.05. The summed E-state index contributed by atoms with van der Waals surface area (Å²) in [6.45, 7) is 0.355. The van der Waals surface area contributed by atoms with Crippen LogP contribution < -0.4 is 9.47 Å². The van der Waals surface area contributed by atoms with Crippen molar-refractivity contribution < 1.29 is 19.4 Å². The molecule has 116 valence electrons. The van der Waals surface area contributed by atoms with Crippen LogP contribution in [0.15, 0.2) is 18.2 Å². The van der Waals surface area contributed by atoms with Crippen molar-refractivity contribution in [3.63, 3.8) is 0 Å². The molecule has 1 N–H and O–H groups in total. The second-order valence-electron chi connectivity index (χ2n) is 5.23. The topological polar surface area (TPSA) is 59.0 Å². The van der Waals surface area contributed by atoms with E-state index in [1.54, 1.807) is 37.3 Å². The third-order valence-electron chi connectivity index (χ3n) is 4.00. The Kier molecular flexibility index (Phi) is 5.44. The van der Waals surface area contributed by atoms with E-state index in [4.69, 9.17) is 9.47 Å². The van der Waals surface area contributed by atoms with E-state index in [1.165, 1.54) is 0 Å². The predicted molar refractivity (Wildman–Crippen MR) is 79.9 cm³/mol. The molecule has 1 aliphatic carbocycles. The first kappa shape index (κ1) is 15.6. The van der Waals surface area contributed by atoms with Crippen LogP contribution in [0.2, 0.25) is 0 Å². The Morgan fingerprint density at radius 1 is 1.24 bits per heavy atom. The quantitative estimate of drug-likeness (QED) is 0.872. The Balaban J connectivity index is 2.23.